The molecule has 0 fully saturated rings. The van der Waals surface area contributed by atoms with Crippen molar-refractivity contribution in [3.05, 3.63) is 35.4 Å². The number of nitrogens with one attached hydrogen (secondary N) is 2. The van der Waals surface area contributed by atoms with Gasteiger partial charge in [-0.2, -0.15) is 0 Å². The molecule has 0 aliphatic carbocycles. The molecule has 116 valence electrons. The fourth-order valence-corrected chi connectivity index (χ4v) is 2.04. The van der Waals surface area contributed by atoms with Crippen LogP contribution in [0.4, 0.5) is 0 Å². The van der Waals surface area contributed by atoms with Crippen molar-refractivity contribution >= 4 is 11.8 Å². The highest BCUT2D eigenvalue weighted by molar-refractivity contribution is 5.97. The van der Waals surface area contributed by atoms with E-state index in [1.54, 1.807) is 6.07 Å². The molecule has 0 heterocycles. The van der Waals surface area contributed by atoms with E-state index in [-0.39, 0.29) is 17.7 Å². The highest BCUT2D eigenvalue weighted by Gasteiger charge is 2.24. The molecule has 1 rings (SSSR count). The summed E-state index contributed by atoms with van der Waals surface area (Å²) in [6.45, 7) is 8.53. The Morgan fingerprint density at radius 2 is 1.95 bits per heavy atom. The monoisotopic (exact) mass is 290 g/mol. The minimum atomic E-state index is -0.505. The molecular formula is C17H26N2O2. The lowest BCUT2D eigenvalue weighted by Gasteiger charge is -2.21. The van der Waals surface area contributed by atoms with E-state index in [9.17, 15) is 9.59 Å². The van der Waals surface area contributed by atoms with Crippen molar-refractivity contribution in [3.8, 4) is 0 Å². The topological polar surface area (TPSA) is 58.2 Å². The number of benzene rings is 1. The molecule has 0 aliphatic rings. The fraction of sp³-hybridized carbons (Fsp3) is 0.529. The summed E-state index contributed by atoms with van der Waals surface area (Å²) in [5.74, 6) is -0.275. The van der Waals surface area contributed by atoms with Gasteiger partial charge in [0.05, 0.1) is 0 Å². The normalized spacial score (nSPS) is 12.0. The zero-order valence-electron chi connectivity index (χ0n) is 13.4. The van der Waals surface area contributed by atoms with Crippen LogP contribution < -0.4 is 10.6 Å². The molecule has 1 aromatic rings. The Labute approximate surface area is 127 Å². The molecule has 0 bridgehead atoms. The maximum atomic E-state index is 12.3. The molecule has 2 N–H and O–H groups in total. The molecule has 0 saturated heterocycles. The van der Waals surface area contributed by atoms with E-state index in [0.29, 0.717) is 12.1 Å². The van der Waals surface area contributed by atoms with Crippen LogP contribution in [-0.2, 0) is 4.79 Å². The van der Waals surface area contributed by atoms with E-state index in [1.165, 1.54) is 0 Å². The summed E-state index contributed by atoms with van der Waals surface area (Å²) >= 11 is 0. The third-order valence-corrected chi connectivity index (χ3v) is 3.35. The van der Waals surface area contributed by atoms with E-state index in [4.69, 9.17) is 0 Å². The van der Waals surface area contributed by atoms with Gasteiger partial charge in [0.1, 0.15) is 6.04 Å². The third-order valence-electron chi connectivity index (χ3n) is 3.35. The summed E-state index contributed by atoms with van der Waals surface area (Å²) < 4.78 is 0. The number of rotatable bonds is 7. The minimum absolute atomic E-state index is 0.0420. The lowest BCUT2D eigenvalue weighted by atomic mass is 10.0. The molecule has 1 aromatic carbocycles. The van der Waals surface area contributed by atoms with Gasteiger partial charge >= 0.3 is 0 Å². The number of amides is 2. The number of aryl methyl sites for hydroxylation is 1. The molecule has 0 saturated carbocycles. The Kier molecular flexibility index (Phi) is 6.92. The van der Waals surface area contributed by atoms with Gasteiger partial charge in [-0.1, -0.05) is 44.9 Å². The standard InChI is InChI=1S/C17H26N2O2/c1-5-6-10-18-17(21)15(12(2)3)19-16(20)14-9-7-8-13(4)11-14/h7-9,11-12,15H,5-6,10H2,1-4H3,(H,18,21)(H,19,20). The van der Waals surface area contributed by atoms with Crippen molar-refractivity contribution in [1.82, 2.24) is 10.6 Å². The first kappa shape index (κ1) is 17.2. The molecule has 0 aromatic heterocycles. The van der Waals surface area contributed by atoms with Gasteiger partial charge in [0.2, 0.25) is 5.91 Å². The second-order valence-electron chi connectivity index (χ2n) is 5.71. The largest absolute Gasteiger partial charge is 0.354 e. The van der Waals surface area contributed by atoms with Gasteiger partial charge in [0.15, 0.2) is 0 Å². The van der Waals surface area contributed by atoms with E-state index in [1.807, 2.05) is 39.0 Å². The molecular weight excluding hydrogens is 264 g/mol. The van der Waals surface area contributed by atoms with Crippen molar-refractivity contribution in [3.63, 3.8) is 0 Å². The number of carbonyl (C=O) groups excluding carboxylic acids is 2. The van der Waals surface area contributed by atoms with E-state index >= 15 is 0 Å². The second kappa shape index (κ2) is 8.45. The first-order valence-electron chi connectivity index (χ1n) is 7.61. The molecule has 0 radical (unpaired) electrons. The van der Waals surface area contributed by atoms with Gasteiger partial charge in [-0.3, -0.25) is 9.59 Å². The quantitative estimate of drug-likeness (QED) is 0.759. The van der Waals surface area contributed by atoms with Gasteiger partial charge in [-0.25, -0.2) is 0 Å². The summed E-state index contributed by atoms with van der Waals surface area (Å²) in [6, 6.07) is 6.86. The summed E-state index contributed by atoms with van der Waals surface area (Å²) in [5.41, 5.74) is 1.61. The second-order valence-corrected chi connectivity index (χ2v) is 5.71. The average Bonchev–Trinajstić information content (AvgIpc) is 2.44. The predicted octanol–water partition coefficient (Wildman–Crippen LogP) is 2.67. The number of carbonyl (C=O) groups is 2. The van der Waals surface area contributed by atoms with Gasteiger partial charge in [-0.15, -0.1) is 0 Å². The SMILES string of the molecule is CCCCNC(=O)C(NC(=O)c1cccc(C)c1)C(C)C. The smallest absolute Gasteiger partial charge is 0.251 e. The van der Waals surface area contributed by atoms with E-state index in [0.717, 1.165) is 18.4 Å². The minimum Gasteiger partial charge on any atom is -0.354 e. The van der Waals surface area contributed by atoms with Crippen LogP contribution in [0.1, 0.15) is 49.5 Å². The average molecular weight is 290 g/mol. The molecule has 2 amide bonds. The molecule has 21 heavy (non-hydrogen) atoms. The van der Waals surface area contributed by atoms with Crippen LogP contribution in [0.2, 0.25) is 0 Å². The Bertz CT molecular complexity index is 483. The van der Waals surface area contributed by atoms with Crippen molar-refractivity contribution in [1.29, 1.82) is 0 Å². The van der Waals surface area contributed by atoms with E-state index < -0.39 is 6.04 Å². The first-order chi connectivity index (χ1) is 9.95. The van der Waals surface area contributed by atoms with Crippen molar-refractivity contribution in [2.24, 2.45) is 5.92 Å². The van der Waals surface area contributed by atoms with Crippen LogP contribution in [0, 0.1) is 12.8 Å². The van der Waals surface area contributed by atoms with Crippen LogP contribution in [0.3, 0.4) is 0 Å². The molecule has 0 spiro atoms. The third kappa shape index (κ3) is 5.58. The fourth-order valence-electron chi connectivity index (χ4n) is 2.04. The van der Waals surface area contributed by atoms with Crippen LogP contribution >= 0.6 is 0 Å². The summed E-state index contributed by atoms with van der Waals surface area (Å²) in [5, 5.41) is 5.72. The zero-order valence-corrected chi connectivity index (χ0v) is 13.4. The Balaban J connectivity index is 2.69. The predicted molar refractivity (Wildman–Crippen MR) is 85.2 cm³/mol. The summed E-state index contributed by atoms with van der Waals surface area (Å²) in [4.78, 5) is 24.4. The Morgan fingerprint density at radius 3 is 2.52 bits per heavy atom. The highest BCUT2D eigenvalue weighted by Crippen LogP contribution is 2.07. The van der Waals surface area contributed by atoms with Gasteiger partial charge in [-0.05, 0) is 31.4 Å². The number of hydrogen-bond acceptors (Lipinski definition) is 2. The molecule has 0 aliphatic heterocycles. The molecule has 4 nitrogen and oxygen atoms in total. The molecule has 4 heteroatoms. The van der Waals surface area contributed by atoms with Gasteiger partial charge in [0.25, 0.3) is 5.91 Å². The van der Waals surface area contributed by atoms with Crippen LogP contribution in [-0.4, -0.2) is 24.4 Å². The van der Waals surface area contributed by atoms with Crippen LogP contribution in [0.5, 0.6) is 0 Å². The maximum Gasteiger partial charge on any atom is 0.251 e. The Morgan fingerprint density at radius 1 is 1.24 bits per heavy atom. The van der Waals surface area contributed by atoms with Gasteiger partial charge < -0.3 is 10.6 Å². The zero-order chi connectivity index (χ0) is 15.8. The molecule has 1 unspecified atom stereocenters. The number of hydrogen-bond donors (Lipinski definition) is 2. The Hall–Kier alpha value is -1.84. The highest BCUT2D eigenvalue weighted by atomic mass is 16.2. The van der Waals surface area contributed by atoms with E-state index in [2.05, 4.69) is 17.6 Å². The lowest BCUT2D eigenvalue weighted by molar-refractivity contribution is -0.123. The van der Waals surface area contributed by atoms with Crippen molar-refractivity contribution in [2.75, 3.05) is 6.54 Å². The van der Waals surface area contributed by atoms with Crippen molar-refractivity contribution < 1.29 is 9.59 Å². The summed E-state index contributed by atoms with van der Waals surface area (Å²) in [7, 11) is 0. The lowest BCUT2D eigenvalue weighted by Crippen LogP contribution is -2.49. The number of unbranched alkanes of at least 4 members (excludes halogenated alkanes) is 1. The maximum absolute atomic E-state index is 12.3. The molecule has 1 atom stereocenters. The van der Waals surface area contributed by atoms with Crippen molar-refractivity contribution in [2.45, 2.75) is 46.6 Å². The first-order valence-corrected chi connectivity index (χ1v) is 7.61. The van der Waals surface area contributed by atoms with Crippen LogP contribution in [0.15, 0.2) is 24.3 Å². The van der Waals surface area contributed by atoms with Crippen LogP contribution in [0.25, 0.3) is 0 Å². The van der Waals surface area contributed by atoms with Gasteiger partial charge in [0, 0.05) is 12.1 Å². The summed E-state index contributed by atoms with van der Waals surface area (Å²) in [6.07, 6.45) is 1.98.